The first kappa shape index (κ1) is 11.8. The van der Waals surface area contributed by atoms with Gasteiger partial charge in [0.1, 0.15) is 0 Å². The van der Waals surface area contributed by atoms with E-state index in [1.807, 2.05) is 6.26 Å². The molecule has 3 heteroatoms. The Labute approximate surface area is 83.8 Å². The molecule has 0 saturated carbocycles. The van der Waals surface area contributed by atoms with Crippen LogP contribution in [0.15, 0.2) is 9.93 Å². The topological polar surface area (TPSA) is 12.0 Å². The van der Waals surface area contributed by atoms with E-state index in [1.54, 1.807) is 23.5 Å². The molecular formula is C9H15NS2. The van der Waals surface area contributed by atoms with Gasteiger partial charge in [-0.3, -0.25) is 0 Å². The first-order valence-electron chi connectivity index (χ1n) is 3.91. The van der Waals surface area contributed by atoms with Crippen molar-refractivity contribution in [2.45, 2.75) is 13.8 Å². The van der Waals surface area contributed by atoms with E-state index in [9.17, 15) is 0 Å². The molecule has 1 nitrogen and oxygen atoms in total. The van der Waals surface area contributed by atoms with Crippen LogP contribution in [-0.4, -0.2) is 18.6 Å². The van der Waals surface area contributed by atoms with Crippen LogP contribution in [0.2, 0.25) is 0 Å². The lowest BCUT2D eigenvalue weighted by molar-refractivity contribution is 0.903. The van der Waals surface area contributed by atoms with Crippen molar-refractivity contribution in [2.75, 3.05) is 18.6 Å². The summed E-state index contributed by atoms with van der Waals surface area (Å²) >= 11 is 3.38. The van der Waals surface area contributed by atoms with Crippen molar-refractivity contribution in [2.24, 2.45) is 0 Å². The zero-order chi connectivity index (χ0) is 9.40. The number of allylic oxidation sites excluding steroid dienone is 1. The fourth-order valence-corrected chi connectivity index (χ4v) is 2.25. The van der Waals surface area contributed by atoms with Gasteiger partial charge in [-0.2, -0.15) is 0 Å². The Bertz CT molecular complexity index is 183. The second-order valence-electron chi connectivity index (χ2n) is 1.97. The van der Waals surface area contributed by atoms with Gasteiger partial charge >= 0.3 is 0 Å². The molecule has 68 valence electrons. The van der Waals surface area contributed by atoms with Crippen molar-refractivity contribution in [3.05, 3.63) is 9.93 Å². The number of hydrogen-bond donors (Lipinski definition) is 1. The van der Waals surface area contributed by atoms with Crippen LogP contribution in [0, 0.1) is 12.3 Å². The molecule has 0 aliphatic rings. The van der Waals surface area contributed by atoms with Gasteiger partial charge in [-0.25, -0.2) is 0 Å². The highest BCUT2D eigenvalue weighted by atomic mass is 32.2. The van der Waals surface area contributed by atoms with Gasteiger partial charge in [-0.15, -0.1) is 29.9 Å². The summed E-state index contributed by atoms with van der Waals surface area (Å²) in [5, 5.41) is 4.40. The third kappa shape index (κ3) is 3.99. The minimum atomic E-state index is 0.925. The Morgan fingerprint density at radius 1 is 1.50 bits per heavy atom. The predicted octanol–water partition coefficient (Wildman–Crippen LogP) is 2.51. The highest BCUT2D eigenvalue weighted by molar-refractivity contribution is 8.06. The van der Waals surface area contributed by atoms with Crippen molar-refractivity contribution in [3.63, 3.8) is 0 Å². The second kappa shape index (κ2) is 7.45. The van der Waals surface area contributed by atoms with E-state index in [0.29, 0.717) is 0 Å². The average molecular weight is 201 g/mol. The molecule has 0 spiro atoms. The van der Waals surface area contributed by atoms with Gasteiger partial charge in [-0.05, 0) is 18.9 Å². The van der Waals surface area contributed by atoms with Gasteiger partial charge in [0.05, 0.1) is 9.93 Å². The summed E-state index contributed by atoms with van der Waals surface area (Å²) in [5.41, 5.74) is 0. The summed E-state index contributed by atoms with van der Waals surface area (Å²) in [6.45, 7) is 5.12. The molecule has 0 aromatic rings. The number of hydrogen-bond acceptors (Lipinski definition) is 3. The Morgan fingerprint density at radius 2 is 2.17 bits per heavy atom. The molecule has 0 radical (unpaired) electrons. The highest BCUT2D eigenvalue weighted by Gasteiger charge is 2.01. The molecule has 0 bridgehead atoms. The van der Waals surface area contributed by atoms with Crippen LogP contribution in [0.3, 0.4) is 0 Å². The molecular weight excluding hydrogens is 186 g/mol. The van der Waals surface area contributed by atoms with E-state index in [4.69, 9.17) is 6.42 Å². The average Bonchev–Trinajstić information content (AvgIpc) is 2.07. The summed E-state index contributed by atoms with van der Waals surface area (Å²) in [6.07, 6.45) is 7.37. The van der Waals surface area contributed by atoms with Gasteiger partial charge < -0.3 is 5.32 Å². The number of terminal acetylenes is 1. The number of nitrogens with one attached hydrogen (secondary N) is 1. The monoisotopic (exact) mass is 201 g/mol. The number of rotatable bonds is 5. The normalized spacial score (nSPS) is 11.8. The molecule has 12 heavy (non-hydrogen) atoms. The minimum absolute atomic E-state index is 0.925. The van der Waals surface area contributed by atoms with E-state index < -0.39 is 0 Å². The Balaban J connectivity index is 4.42. The van der Waals surface area contributed by atoms with E-state index in [2.05, 4.69) is 25.1 Å². The Morgan fingerprint density at radius 3 is 2.50 bits per heavy atom. The Hall–Kier alpha value is -0.200. The molecule has 0 heterocycles. The largest absolute Gasteiger partial charge is 0.379 e. The molecule has 0 aromatic carbocycles. The van der Waals surface area contributed by atoms with Crippen molar-refractivity contribution < 1.29 is 0 Å². The smallest absolute Gasteiger partial charge is 0.0906 e. The van der Waals surface area contributed by atoms with Crippen LogP contribution < -0.4 is 5.32 Å². The minimum Gasteiger partial charge on any atom is -0.379 e. The van der Waals surface area contributed by atoms with Crippen molar-refractivity contribution >= 4 is 23.5 Å². The fourth-order valence-electron chi connectivity index (χ4n) is 0.719. The van der Waals surface area contributed by atoms with Crippen molar-refractivity contribution in [1.82, 2.24) is 5.32 Å². The molecule has 0 unspecified atom stereocenters. The molecule has 0 atom stereocenters. The van der Waals surface area contributed by atoms with Crippen LogP contribution in [0.5, 0.6) is 0 Å². The lowest BCUT2D eigenvalue weighted by Crippen LogP contribution is -2.11. The lowest BCUT2D eigenvalue weighted by Gasteiger charge is -2.09. The highest BCUT2D eigenvalue weighted by Crippen LogP contribution is 2.22. The standard InChI is InChI=1S/C9H15NS2/c1-5-8(11-4)9(10-6-2)12-7-3/h1,10H,6-7H2,2-4H3/b9-8+. The van der Waals surface area contributed by atoms with E-state index in [0.717, 1.165) is 22.2 Å². The van der Waals surface area contributed by atoms with Gasteiger partial charge in [0, 0.05) is 6.54 Å². The van der Waals surface area contributed by atoms with Crippen molar-refractivity contribution in [1.29, 1.82) is 0 Å². The maximum atomic E-state index is 5.36. The molecule has 0 aliphatic carbocycles. The Kier molecular flexibility index (Phi) is 7.33. The van der Waals surface area contributed by atoms with Gasteiger partial charge in [0.15, 0.2) is 0 Å². The van der Waals surface area contributed by atoms with E-state index in [1.165, 1.54) is 0 Å². The lowest BCUT2D eigenvalue weighted by atomic mass is 10.6. The van der Waals surface area contributed by atoms with Gasteiger partial charge in [-0.1, -0.05) is 12.8 Å². The summed E-state index contributed by atoms with van der Waals surface area (Å²) in [4.78, 5) is 1.00. The molecule has 0 fully saturated rings. The van der Waals surface area contributed by atoms with Crippen LogP contribution in [0.1, 0.15) is 13.8 Å². The van der Waals surface area contributed by atoms with Gasteiger partial charge in [0.2, 0.25) is 0 Å². The van der Waals surface area contributed by atoms with Gasteiger partial charge in [0.25, 0.3) is 0 Å². The fraction of sp³-hybridized carbons (Fsp3) is 0.556. The first-order chi connectivity index (χ1) is 5.79. The van der Waals surface area contributed by atoms with Crippen LogP contribution in [0.4, 0.5) is 0 Å². The zero-order valence-electron chi connectivity index (χ0n) is 7.81. The quantitative estimate of drug-likeness (QED) is 0.686. The van der Waals surface area contributed by atoms with Crippen LogP contribution >= 0.6 is 23.5 Å². The second-order valence-corrected chi connectivity index (χ2v) is 4.06. The first-order valence-corrected chi connectivity index (χ1v) is 6.12. The summed E-state index contributed by atoms with van der Waals surface area (Å²) in [6, 6.07) is 0. The maximum absolute atomic E-state index is 5.36. The van der Waals surface area contributed by atoms with E-state index >= 15 is 0 Å². The van der Waals surface area contributed by atoms with Crippen molar-refractivity contribution in [3.8, 4) is 12.3 Å². The maximum Gasteiger partial charge on any atom is 0.0906 e. The molecule has 1 N–H and O–H groups in total. The number of thioether (sulfide) groups is 2. The van der Waals surface area contributed by atoms with E-state index in [-0.39, 0.29) is 0 Å². The predicted molar refractivity (Wildman–Crippen MR) is 61.2 cm³/mol. The van der Waals surface area contributed by atoms with Crippen LogP contribution in [0.25, 0.3) is 0 Å². The molecule has 0 amide bonds. The summed E-state index contributed by atoms with van der Waals surface area (Å²) in [5.74, 6) is 3.73. The zero-order valence-corrected chi connectivity index (χ0v) is 9.44. The van der Waals surface area contributed by atoms with Crippen LogP contribution in [-0.2, 0) is 0 Å². The molecule has 0 saturated heterocycles. The summed E-state index contributed by atoms with van der Waals surface area (Å²) < 4.78 is 0. The SMILES string of the molecule is C#C/C(SC)=C(/NCC)SCC. The molecule has 0 rings (SSSR count). The molecule has 0 aromatic heterocycles. The summed E-state index contributed by atoms with van der Waals surface area (Å²) in [7, 11) is 0. The third-order valence-electron chi connectivity index (χ3n) is 1.17. The molecule has 0 aliphatic heterocycles. The third-order valence-corrected chi connectivity index (χ3v) is 2.95.